The van der Waals surface area contributed by atoms with Gasteiger partial charge in [0.1, 0.15) is 23.9 Å². The minimum absolute atomic E-state index is 0.00824. The number of hydrogen-bond acceptors (Lipinski definition) is 6. The van der Waals surface area contributed by atoms with Crippen LogP contribution in [0.4, 0.5) is 0 Å². The number of aromatic carboxylic acids is 1. The lowest BCUT2D eigenvalue weighted by molar-refractivity contribution is -0.143. The first-order valence-electron chi connectivity index (χ1n) is 14.7. The molecule has 4 rings (SSSR count). The zero-order valence-corrected chi connectivity index (χ0v) is 24.7. The molecule has 228 valence electrons. The van der Waals surface area contributed by atoms with Gasteiger partial charge < -0.3 is 29.3 Å². The number of amides is 1. The molecule has 0 spiro atoms. The molecular formula is C34H39NO8. The Kier molecular flexibility index (Phi) is 11.0. The van der Waals surface area contributed by atoms with Gasteiger partial charge in [-0.3, -0.25) is 9.59 Å². The number of hydrogen-bond donors (Lipinski definition) is 2. The molecule has 1 aliphatic rings. The van der Waals surface area contributed by atoms with E-state index in [9.17, 15) is 24.6 Å². The average Bonchev–Trinajstić information content (AvgIpc) is 3.01. The number of benzene rings is 3. The number of carboxylic acids is 2. The van der Waals surface area contributed by atoms with E-state index in [4.69, 9.17) is 14.2 Å². The highest BCUT2D eigenvalue weighted by Crippen LogP contribution is 2.26. The number of aliphatic carboxylic acids is 1. The second kappa shape index (κ2) is 15.1. The summed E-state index contributed by atoms with van der Waals surface area (Å²) in [5.74, 6) is -0.410. The number of ether oxygens (including phenoxy) is 3. The van der Waals surface area contributed by atoms with Crippen LogP contribution in [0.1, 0.15) is 65.0 Å². The summed E-state index contributed by atoms with van der Waals surface area (Å²) in [5.41, 5.74) is 2.33. The van der Waals surface area contributed by atoms with E-state index in [2.05, 4.69) is 13.8 Å². The van der Waals surface area contributed by atoms with Crippen molar-refractivity contribution in [3.63, 3.8) is 0 Å². The van der Waals surface area contributed by atoms with Crippen molar-refractivity contribution >= 4 is 17.8 Å². The first-order chi connectivity index (χ1) is 20.7. The number of rotatable bonds is 14. The fraction of sp³-hybridized carbons (Fsp3) is 0.382. The number of nitrogens with zero attached hydrogens (tertiary/aromatic N) is 1. The van der Waals surface area contributed by atoms with Crippen LogP contribution in [0.2, 0.25) is 0 Å². The summed E-state index contributed by atoms with van der Waals surface area (Å²) in [6.07, 6.45) is 2.16. The molecule has 9 heteroatoms. The van der Waals surface area contributed by atoms with Crippen LogP contribution in [0.25, 0.3) is 0 Å². The Hall–Kier alpha value is -4.53. The maximum atomic E-state index is 13.3. The van der Waals surface area contributed by atoms with Crippen molar-refractivity contribution in [1.29, 1.82) is 0 Å². The van der Waals surface area contributed by atoms with E-state index in [1.165, 1.54) is 18.2 Å². The van der Waals surface area contributed by atoms with Gasteiger partial charge in [0.2, 0.25) is 0 Å². The predicted octanol–water partition coefficient (Wildman–Crippen LogP) is 5.95. The van der Waals surface area contributed by atoms with Gasteiger partial charge in [0.25, 0.3) is 5.91 Å². The SMILES string of the molecule is CC(C)COc1ccc(COc2ccc(CCCOc3ccc(C(=O)O)cc3C(=O)N3CCC(C(=O)O)CC3)cc2)cc1. The van der Waals surface area contributed by atoms with Crippen molar-refractivity contribution in [3.8, 4) is 17.2 Å². The second-order valence-corrected chi connectivity index (χ2v) is 11.2. The number of likely N-dealkylation sites (tertiary alicyclic amines) is 1. The van der Waals surface area contributed by atoms with Crippen LogP contribution in [0.3, 0.4) is 0 Å². The van der Waals surface area contributed by atoms with Crippen molar-refractivity contribution in [2.24, 2.45) is 11.8 Å². The smallest absolute Gasteiger partial charge is 0.335 e. The van der Waals surface area contributed by atoms with Gasteiger partial charge in [-0.2, -0.15) is 0 Å². The van der Waals surface area contributed by atoms with Crippen LogP contribution in [0.5, 0.6) is 17.2 Å². The number of carbonyl (C=O) groups is 3. The van der Waals surface area contributed by atoms with Gasteiger partial charge in [0, 0.05) is 13.1 Å². The molecule has 0 aliphatic carbocycles. The molecule has 3 aromatic carbocycles. The van der Waals surface area contributed by atoms with Crippen LogP contribution in [0, 0.1) is 11.8 Å². The van der Waals surface area contributed by atoms with Crippen LogP contribution in [-0.2, 0) is 17.8 Å². The number of piperidine rings is 1. The first kappa shape index (κ1) is 31.4. The minimum Gasteiger partial charge on any atom is -0.493 e. The maximum Gasteiger partial charge on any atom is 0.335 e. The molecule has 1 amide bonds. The Balaban J connectivity index is 1.26. The summed E-state index contributed by atoms with van der Waals surface area (Å²) < 4.78 is 17.6. The van der Waals surface area contributed by atoms with Crippen LogP contribution in [0.15, 0.2) is 66.7 Å². The molecule has 9 nitrogen and oxygen atoms in total. The highest BCUT2D eigenvalue weighted by atomic mass is 16.5. The summed E-state index contributed by atoms with van der Waals surface area (Å²) in [4.78, 5) is 37.6. The molecule has 43 heavy (non-hydrogen) atoms. The van der Waals surface area contributed by atoms with E-state index in [0.29, 0.717) is 63.8 Å². The summed E-state index contributed by atoms with van der Waals surface area (Å²) in [7, 11) is 0. The number of aryl methyl sites for hydroxylation is 1. The molecule has 0 aromatic heterocycles. The predicted molar refractivity (Wildman–Crippen MR) is 161 cm³/mol. The summed E-state index contributed by atoms with van der Waals surface area (Å²) in [6.45, 7) is 6.30. The van der Waals surface area contributed by atoms with Gasteiger partial charge in [-0.25, -0.2) is 4.79 Å². The van der Waals surface area contributed by atoms with Crippen LogP contribution in [-0.4, -0.2) is 59.3 Å². The molecule has 0 bridgehead atoms. The Morgan fingerprint density at radius 1 is 0.837 bits per heavy atom. The third-order valence-electron chi connectivity index (χ3n) is 7.29. The summed E-state index contributed by atoms with van der Waals surface area (Å²) in [6, 6.07) is 20.1. The molecular weight excluding hydrogens is 550 g/mol. The average molecular weight is 590 g/mol. The maximum absolute atomic E-state index is 13.3. The summed E-state index contributed by atoms with van der Waals surface area (Å²) in [5, 5.41) is 18.7. The zero-order valence-electron chi connectivity index (χ0n) is 24.7. The normalized spacial score (nSPS) is 13.5. The third-order valence-corrected chi connectivity index (χ3v) is 7.29. The van der Waals surface area contributed by atoms with Gasteiger partial charge in [-0.05, 0) is 85.2 Å². The molecule has 1 aliphatic heterocycles. The number of carbonyl (C=O) groups excluding carboxylic acids is 1. The largest absolute Gasteiger partial charge is 0.493 e. The van der Waals surface area contributed by atoms with Crippen LogP contribution < -0.4 is 14.2 Å². The Bertz CT molecular complexity index is 1380. The lowest BCUT2D eigenvalue weighted by Crippen LogP contribution is -2.40. The minimum atomic E-state index is -1.14. The number of carboxylic acid groups (broad SMARTS) is 2. The zero-order chi connectivity index (χ0) is 30.8. The van der Waals surface area contributed by atoms with E-state index in [-0.39, 0.29) is 17.0 Å². The molecule has 0 radical (unpaired) electrons. The monoisotopic (exact) mass is 589 g/mol. The van der Waals surface area contributed by atoms with Crippen molar-refractivity contribution in [2.45, 2.75) is 46.1 Å². The molecule has 0 atom stereocenters. The van der Waals surface area contributed by atoms with E-state index in [0.717, 1.165) is 29.0 Å². The fourth-order valence-electron chi connectivity index (χ4n) is 4.78. The Labute approximate surface area is 252 Å². The second-order valence-electron chi connectivity index (χ2n) is 11.2. The topological polar surface area (TPSA) is 123 Å². The molecule has 0 unspecified atom stereocenters. The highest BCUT2D eigenvalue weighted by molar-refractivity contribution is 6.00. The van der Waals surface area contributed by atoms with Gasteiger partial charge in [-0.1, -0.05) is 38.1 Å². The van der Waals surface area contributed by atoms with Crippen LogP contribution >= 0.6 is 0 Å². The van der Waals surface area contributed by atoms with E-state index in [1.807, 2.05) is 48.5 Å². The van der Waals surface area contributed by atoms with Crippen molar-refractivity contribution in [2.75, 3.05) is 26.3 Å². The molecule has 1 saturated heterocycles. The quantitative estimate of drug-likeness (QED) is 0.221. The van der Waals surface area contributed by atoms with E-state index >= 15 is 0 Å². The lowest BCUT2D eigenvalue weighted by Gasteiger charge is -2.30. The van der Waals surface area contributed by atoms with Crippen molar-refractivity contribution in [3.05, 3.63) is 89.0 Å². The Morgan fingerprint density at radius 2 is 1.47 bits per heavy atom. The van der Waals surface area contributed by atoms with Crippen molar-refractivity contribution < 1.29 is 38.8 Å². The first-order valence-corrected chi connectivity index (χ1v) is 14.7. The van der Waals surface area contributed by atoms with Gasteiger partial charge in [0.15, 0.2) is 0 Å². The fourth-order valence-corrected chi connectivity index (χ4v) is 4.78. The third kappa shape index (κ3) is 9.23. The molecule has 3 aromatic rings. The highest BCUT2D eigenvalue weighted by Gasteiger charge is 2.29. The molecule has 1 heterocycles. The molecule has 0 saturated carbocycles. The standard InChI is InChI=1S/C34H39NO8/c1-23(2)21-42-28-12-7-25(8-13-28)22-43-29-10-5-24(6-11-29)4-3-19-41-31-14-9-27(34(39)40)20-30(31)32(36)35-17-15-26(16-18-35)33(37)38/h5-14,20,23,26H,3-4,15-19,21-22H2,1-2H3,(H,37,38)(H,39,40). The van der Waals surface area contributed by atoms with E-state index in [1.54, 1.807) is 4.90 Å². The molecule has 2 N–H and O–H groups in total. The molecule has 1 fully saturated rings. The van der Waals surface area contributed by atoms with Gasteiger partial charge in [0.05, 0.1) is 30.3 Å². The lowest BCUT2D eigenvalue weighted by atomic mass is 9.96. The summed E-state index contributed by atoms with van der Waals surface area (Å²) >= 11 is 0. The van der Waals surface area contributed by atoms with E-state index < -0.39 is 17.9 Å². The van der Waals surface area contributed by atoms with Gasteiger partial charge in [-0.15, -0.1) is 0 Å². The van der Waals surface area contributed by atoms with Gasteiger partial charge >= 0.3 is 11.9 Å². The Morgan fingerprint density at radius 3 is 2.07 bits per heavy atom. The van der Waals surface area contributed by atoms with Crippen molar-refractivity contribution in [1.82, 2.24) is 4.90 Å².